The van der Waals surface area contributed by atoms with E-state index in [0.29, 0.717) is 6.61 Å². The van der Waals surface area contributed by atoms with Gasteiger partial charge in [0.1, 0.15) is 0 Å². The average molecular weight is 397 g/mol. The maximum atomic E-state index is 5.53. The third kappa shape index (κ3) is 4.54. The fourth-order valence-electron chi connectivity index (χ4n) is 1.15. The van der Waals surface area contributed by atoms with Gasteiger partial charge in [-0.2, -0.15) is 0 Å². The Kier molecular flexibility index (Phi) is 5.65. The monoisotopic (exact) mass is 397 g/mol. The van der Waals surface area contributed by atoms with Gasteiger partial charge in [-0.15, -0.1) is 0 Å². The molecule has 5 heteroatoms. The highest BCUT2D eigenvalue weighted by Crippen LogP contribution is 2.13. The van der Waals surface area contributed by atoms with Crippen molar-refractivity contribution in [1.82, 2.24) is 4.90 Å². The quantitative estimate of drug-likeness (QED) is 0.533. The zero-order valence-electron chi connectivity index (χ0n) is 7.00. The zero-order valence-corrected chi connectivity index (χ0v) is 11.3. The van der Waals surface area contributed by atoms with Gasteiger partial charge in [-0.1, -0.05) is 0 Å². The molecule has 1 aliphatic rings. The van der Waals surface area contributed by atoms with Gasteiger partial charge in [-0.25, -0.2) is 0 Å². The van der Waals surface area contributed by atoms with E-state index in [2.05, 4.69) is 57.1 Å². The molecule has 1 atom stereocenters. The first kappa shape index (κ1) is 11.4. The highest BCUT2D eigenvalue weighted by atomic mass is 127. The number of morpholine rings is 1. The molecule has 1 saturated heterocycles. The number of rotatable bonds is 3. The second-order valence-corrected chi connectivity index (χ2v) is 7.50. The van der Waals surface area contributed by atoms with E-state index in [0.717, 1.165) is 19.7 Å². The fourth-order valence-corrected chi connectivity index (χ4v) is 1.56. The van der Waals surface area contributed by atoms with Gasteiger partial charge in [0, 0.05) is 13.1 Å². The van der Waals surface area contributed by atoms with Gasteiger partial charge in [0.15, 0.2) is 2.12 Å². The second kappa shape index (κ2) is 5.94. The SMILES string of the molecule is CN1CCO[C@@H](COC(I)I)C1. The third-order valence-electron chi connectivity index (χ3n) is 1.75. The highest BCUT2D eigenvalue weighted by Gasteiger charge is 2.18. The highest BCUT2D eigenvalue weighted by molar-refractivity contribution is 14.2. The maximum absolute atomic E-state index is 5.53. The first-order valence-corrected chi connectivity index (χ1v) is 6.37. The summed E-state index contributed by atoms with van der Waals surface area (Å²) in [7, 11) is 2.11. The summed E-state index contributed by atoms with van der Waals surface area (Å²) in [6.45, 7) is 3.56. The van der Waals surface area contributed by atoms with E-state index in [4.69, 9.17) is 9.47 Å². The number of hydrogen-bond acceptors (Lipinski definition) is 3. The number of ether oxygens (including phenoxy) is 2. The lowest BCUT2D eigenvalue weighted by Crippen LogP contribution is -2.42. The molecule has 0 aromatic rings. The normalized spacial score (nSPS) is 26.5. The lowest BCUT2D eigenvalue weighted by atomic mass is 10.3. The standard InChI is InChI=1S/C7H13I2NO2/c1-10-2-3-11-6(4-10)5-12-7(8)9/h6-7H,2-5H2,1H3/t6-/m1/s1. The Hall–Kier alpha value is 1.34. The summed E-state index contributed by atoms with van der Waals surface area (Å²) < 4.78 is 11.2. The molecule has 1 aliphatic heterocycles. The minimum absolute atomic E-state index is 0.246. The Morgan fingerprint density at radius 1 is 1.67 bits per heavy atom. The lowest BCUT2D eigenvalue weighted by molar-refractivity contribution is -0.0567. The lowest BCUT2D eigenvalue weighted by Gasteiger charge is -2.29. The Bertz CT molecular complexity index is 135. The Balaban J connectivity index is 2.14. The number of hydrogen-bond donors (Lipinski definition) is 0. The van der Waals surface area contributed by atoms with Crippen LogP contribution in [0.5, 0.6) is 0 Å². The molecule has 72 valence electrons. The number of likely N-dealkylation sites (N-methyl/N-ethyl adjacent to an activating group) is 1. The summed E-state index contributed by atoms with van der Waals surface area (Å²) in [5, 5.41) is 0. The number of halogens is 2. The van der Waals surface area contributed by atoms with Crippen molar-refractivity contribution in [3.63, 3.8) is 0 Å². The van der Waals surface area contributed by atoms with Crippen LogP contribution >= 0.6 is 45.2 Å². The molecule has 0 aromatic carbocycles. The van der Waals surface area contributed by atoms with E-state index in [1.54, 1.807) is 0 Å². The van der Waals surface area contributed by atoms with Crippen LogP contribution in [0, 0.1) is 0 Å². The Morgan fingerprint density at radius 2 is 2.42 bits per heavy atom. The second-order valence-electron chi connectivity index (χ2n) is 2.85. The number of nitrogens with zero attached hydrogens (tertiary/aromatic N) is 1. The summed E-state index contributed by atoms with van der Waals surface area (Å²) in [6.07, 6.45) is 0.260. The Labute approximate surface area is 100 Å². The van der Waals surface area contributed by atoms with E-state index in [9.17, 15) is 0 Å². The topological polar surface area (TPSA) is 21.7 Å². The van der Waals surface area contributed by atoms with Crippen LogP contribution < -0.4 is 0 Å². The zero-order chi connectivity index (χ0) is 8.97. The first-order chi connectivity index (χ1) is 5.68. The van der Waals surface area contributed by atoms with E-state index in [-0.39, 0.29) is 8.22 Å². The van der Waals surface area contributed by atoms with E-state index in [1.807, 2.05) is 0 Å². The summed E-state index contributed by atoms with van der Waals surface area (Å²) >= 11 is 4.48. The molecule has 3 nitrogen and oxygen atoms in total. The predicted molar refractivity (Wildman–Crippen MR) is 65.0 cm³/mol. The third-order valence-corrected chi connectivity index (χ3v) is 2.47. The molecule has 0 saturated carbocycles. The van der Waals surface area contributed by atoms with E-state index >= 15 is 0 Å². The molecule has 0 spiro atoms. The van der Waals surface area contributed by atoms with Crippen molar-refractivity contribution in [2.24, 2.45) is 0 Å². The van der Waals surface area contributed by atoms with Crippen LogP contribution in [0.15, 0.2) is 0 Å². The van der Waals surface area contributed by atoms with Gasteiger partial charge in [0.2, 0.25) is 0 Å². The van der Waals surface area contributed by atoms with Gasteiger partial charge in [0.25, 0.3) is 0 Å². The molecule has 0 N–H and O–H groups in total. The van der Waals surface area contributed by atoms with Crippen molar-refractivity contribution in [2.45, 2.75) is 8.22 Å². The Morgan fingerprint density at radius 3 is 3.00 bits per heavy atom. The van der Waals surface area contributed by atoms with Crippen LogP contribution in [0.3, 0.4) is 0 Å². The molecular formula is C7H13I2NO2. The van der Waals surface area contributed by atoms with Crippen LogP contribution in [0.1, 0.15) is 0 Å². The van der Waals surface area contributed by atoms with Gasteiger partial charge in [0.05, 0.1) is 19.3 Å². The van der Waals surface area contributed by atoms with Gasteiger partial charge >= 0.3 is 0 Å². The summed E-state index contributed by atoms with van der Waals surface area (Å²) in [4.78, 5) is 2.27. The van der Waals surface area contributed by atoms with Crippen LogP contribution in [-0.2, 0) is 9.47 Å². The van der Waals surface area contributed by atoms with E-state index in [1.165, 1.54) is 0 Å². The molecule has 1 rings (SSSR count). The summed E-state index contributed by atoms with van der Waals surface area (Å²) in [5.74, 6) is 0. The van der Waals surface area contributed by atoms with Gasteiger partial charge < -0.3 is 14.4 Å². The van der Waals surface area contributed by atoms with Crippen LogP contribution in [-0.4, -0.2) is 46.5 Å². The number of alkyl halides is 2. The van der Waals surface area contributed by atoms with Crippen LogP contribution in [0.2, 0.25) is 0 Å². The van der Waals surface area contributed by atoms with Crippen molar-refractivity contribution >= 4 is 45.2 Å². The molecule has 0 aromatic heterocycles. The first-order valence-electron chi connectivity index (χ1n) is 3.88. The molecule has 1 fully saturated rings. The smallest absolute Gasteiger partial charge is 0.159 e. The van der Waals surface area contributed by atoms with Gasteiger partial charge in [-0.05, 0) is 52.2 Å². The molecular weight excluding hydrogens is 384 g/mol. The molecule has 0 unspecified atom stereocenters. The van der Waals surface area contributed by atoms with Crippen molar-refractivity contribution in [2.75, 3.05) is 33.4 Å². The summed E-state index contributed by atoms with van der Waals surface area (Å²) in [5.41, 5.74) is 0. The van der Waals surface area contributed by atoms with Crippen molar-refractivity contribution in [1.29, 1.82) is 0 Å². The van der Waals surface area contributed by atoms with Crippen molar-refractivity contribution < 1.29 is 9.47 Å². The molecule has 12 heavy (non-hydrogen) atoms. The predicted octanol–water partition coefficient (Wildman–Crippen LogP) is 1.49. The molecule has 0 radical (unpaired) electrons. The minimum atomic E-state index is 0.246. The molecule has 0 aliphatic carbocycles. The van der Waals surface area contributed by atoms with Crippen molar-refractivity contribution in [3.05, 3.63) is 0 Å². The van der Waals surface area contributed by atoms with Crippen LogP contribution in [0.4, 0.5) is 0 Å². The molecule has 0 bridgehead atoms. The average Bonchev–Trinajstić information content (AvgIpc) is 2.01. The van der Waals surface area contributed by atoms with Gasteiger partial charge in [-0.3, -0.25) is 0 Å². The summed E-state index contributed by atoms with van der Waals surface area (Å²) in [6, 6.07) is 0. The molecule has 0 amide bonds. The van der Waals surface area contributed by atoms with E-state index < -0.39 is 0 Å². The van der Waals surface area contributed by atoms with Crippen LogP contribution in [0.25, 0.3) is 0 Å². The fraction of sp³-hybridized carbons (Fsp3) is 1.00. The molecule has 1 heterocycles. The minimum Gasteiger partial charge on any atom is -0.373 e. The maximum Gasteiger partial charge on any atom is 0.159 e. The van der Waals surface area contributed by atoms with Crippen molar-refractivity contribution in [3.8, 4) is 0 Å². The largest absolute Gasteiger partial charge is 0.373 e.